The lowest BCUT2D eigenvalue weighted by Gasteiger charge is -2.24. The molecule has 0 saturated heterocycles. The van der Waals surface area contributed by atoms with Gasteiger partial charge in [0, 0.05) is 18.5 Å². The molecule has 86 valence electrons. The first-order chi connectivity index (χ1) is 7.15. The molecule has 0 bridgehead atoms. The van der Waals surface area contributed by atoms with E-state index in [-0.39, 0.29) is 17.9 Å². The second-order valence-electron chi connectivity index (χ2n) is 4.58. The zero-order valence-electron chi connectivity index (χ0n) is 9.70. The Kier molecular flexibility index (Phi) is 4.82. The number of carbonyl (C=O) groups excluding carboxylic acids is 1. The van der Waals surface area contributed by atoms with Crippen LogP contribution in [0.3, 0.4) is 0 Å². The number of hydrogen-bond acceptors (Lipinski definition) is 2. The van der Waals surface area contributed by atoms with Crippen LogP contribution in [0.1, 0.15) is 33.1 Å². The molecule has 1 aliphatic carbocycles. The minimum absolute atomic E-state index is 0.114. The van der Waals surface area contributed by atoms with Gasteiger partial charge in [0.15, 0.2) is 0 Å². The van der Waals surface area contributed by atoms with Gasteiger partial charge < -0.3 is 11.1 Å². The van der Waals surface area contributed by atoms with Crippen molar-refractivity contribution in [3.63, 3.8) is 0 Å². The van der Waals surface area contributed by atoms with Crippen LogP contribution in [0.15, 0.2) is 12.2 Å². The molecule has 15 heavy (non-hydrogen) atoms. The molecule has 0 heterocycles. The zero-order valence-corrected chi connectivity index (χ0v) is 9.70. The first-order valence-electron chi connectivity index (χ1n) is 5.80. The van der Waals surface area contributed by atoms with Crippen molar-refractivity contribution in [1.29, 1.82) is 0 Å². The van der Waals surface area contributed by atoms with Crippen molar-refractivity contribution in [3.8, 4) is 0 Å². The molecule has 3 N–H and O–H groups in total. The molecule has 2 atom stereocenters. The maximum absolute atomic E-state index is 11.9. The van der Waals surface area contributed by atoms with Crippen molar-refractivity contribution >= 4 is 5.91 Å². The Morgan fingerprint density at radius 3 is 2.73 bits per heavy atom. The summed E-state index contributed by atoms with van der Waals surface area (Å²) in [4.78, 5) is 11.9. The average Bonchev–Trinajstić information content (AvgIpc) is 2.26. The van der Waals surface area contributed by atoms with Crippen LogP contribution in [0.4, 0.5) is 0 Å². The van der Waals surface area contributed by atoms with Crippen LogP contribution < -0.4 is 11.1 Å². The lowest BCUT2D eigenvalue weighted by atomic mass is 9.93. The first kappa shape index (κ1) is 12.2. The van der Waals surface area contributed by atoms with Crippen molar-refractivity contribution in [2.24, 2.45) is 17.6 Å². The Morgan fingerprint density at radius 1 is 1.53 bits per heavy atom. The van der Waals surface area contributed by atoms with Gasteiger partial charge in [0.2, 0.25) is 5.91 Å². The summed E-state index contributed by atoms with van der Waals surface area (Å²) in [6.45, 7) is 4.68. The van der Waals surface area contributed by atoms with Crippen LogP contribution in [-0.2, 0) is 4.79 Å². The fourth-order valence-electron chi connectivity index (χ4n) is 1.83. The molecule has 0 saturated carbocycles. The Hall–Kier alpha value is -0.830. The first-order valence-corrected chi connectivity index (χ1v) is 5.80. The highest BCUT2D eigenvalue weighted by Gasteiger charge is 2.22. The highest BCUT2D eigenvalue weighted by Crippen LogP contribution is 2.18. The summed E-state index contributed by atoms with van der Waals surface area (Å²) in [5.41, 5.74) is 5.62. The second-order valence-corrected chi connectivity index (χ2v) is 4.58. The standard InChI is InChI=1S/C12H22N2O/c1-9(2)11(8-13)14-12(15)10-6-4-3-5-7-10/h3-4,9-11H,5-8,13H2,1-2H3,(H,14,15). The van der Waals surface area contributed by atoms with Crippen LogP contribution >= 0.6 is 0 Å². The van der Waals surface area contributed by atoms with E-state index in [4.69, 9.17) is 5.73 Å². The summed E-state index contributed by atoms with van der Waals surface area (Å²) in [6.07, 6.45) is 7.11. The topological polar surface area (TPSA) is 55.1 Å². The van der Waals surface area contributed by atoms with E-state index in [2.05, 4.69) is 31.3 Å². The molecule has 1 aliphatic rings. The van der Waals surface area contributed by atoms with E-state index in [0.29, 0.717) is 12.5 Å². The Morgan fingerprint density at radius 2 is 2.27 bits per heavy atom. The molecule has 3 nitrogen and oxygen atoms in total. The van der Waals surface area contributed by atoms with Crippen molar-refractivity contribution in [2.75, 3.05) is 6.54 Å². The zero-order chi connectivity index (χ0) is 11.3. The normalized spacial score (nSPS) is 22.8. The fourth-order valence-corrected chi connectivity index (χ4v) is 1.83. The lowest BCUT2D eigenvalue weighted by Crippen LogP contribution is -2.46. The largest absolute Gasteiger partial charge is 0.352 e. The summed E-state index contributed by atoms with van der Waals surface area (Å²) in [5, 5.41) is 3.04. The predicted octanol–water partition coefficient (Wildman–Crippen LogP) is 1.44. The quantitative estimate of drug-likeness (QED) is 0.690. The maximum Gasteiger partial charge on any atom is 0.223 e. The van der Waals surface area contributed by atoms with Gasteiger partial charge in [-0.1, -0.05) is 26.0 Å². The van der Waals surface area contributed by atoms with Crippen LogP contribution in [0.2, 0.25) is 0 Å². The van der Waals surface area contributed by atoms with Crippen LogP contribution in [0, 0.1) is 11.8 Å². The highest BCUT2D eigenvalue weighted by molar-refractivity contribution is 5.79. The van der Waals surface area contributed by atoms with Gasteiger partial charge in [-0.3, -0.25) is 4.79 Å². The monoisotopic (exact) mass is 210 g/mol. The predicted molar refractivity (Wildman–Crippen MR) is 62.3 cm³/mol. The minimum Gasteiger partial charge on any atom is -0.352 e. The van der Waals surface area contributed by atoms with E-state index in [0.717, 1.165) is 19.3 Å². The van der Waals surface area contributed by atoms with E-state index < -0.39 is 0 Å². The minimum atomic E-state index is 0.114. The van der Waals surface area contributed by atoms with Crippen molar-refractivity contribution in [1.82, 2.24) is 5.32 Å². The number of rotatable bonds is 4. The van der Waals surface area contributed by atoms with Crippen LogP contribution in [0.5, 0.6) is 0 Å². The van der Waals surface area contributed by atoms with E-state index in [1.54, 1.807) is 0 Å². The third-order valence-electron chi connectivity index (χ3n) is 3.03. The number of nitrogens with two attached hydrogens (primary N) is 1. The van der Waals surface area contributed by atoms with Crippen LogP contribution in [-0.4, -0.2) is 18.5 Å². The Labute approximate surface area is 92.1 Å². The smallest absolute Gasteiger partial charge is 0.223 e. The second kappa shape index (κ2) is 5.91. The lowest BCUT2D eigenvalue weighted by molar-refractivity contribution is -0.126. The average molecular weight is 210 g/mol. The SMILES string of the molecule is CC(C)C(CN)NC(=O)C1CC=CCC1. The van der Waals surface area contributed by atoms with Crippen molar-refractivity contribution < 1.29 is 4.79 Å². The molecular formula is C12H22N2O. The van der Waals surface area contributed by atoms with Gasteiger partial charge in [0.05, 0.1) is 0 Å². The van der Waals surface area contributed by atoms with Gasteiger partial charge in [-0.2, -0.15) is 0 Å². The summed E-state index contributed by atoms with van der Waals surface area (Å²) >= 11 is 0. The number of carbonyl (C=O) groups is 1. The van der Waals surface area contributed by atoms with E-state index in [9.17, 15) is 4.79 Å². The third kappa shape index (κ3) is 3.67. The molecule has 3 heteroatoms. The molecule has 0 aromatic rings. The molecule has 0 spiro atoms. The molecule has 2 unspecified atom stereocenters. The van der Waals surface area contributed by atoms with E-state index in [1.807, 2.05) is 0 Å². The van der Waals surface area contributed by atoms with Gasteiger partial charge in [0.1, 0.15) is 0 Å². The summed E-state index contributed by atoms with van der Waals surface area (Å²) in [6, 6.07) is 0.114. The summed E-state index contributed by atoms with van der Waals surface area (Å²) < 4.78 is 0. The van der Waals surface area contributed by atoms with Crippen molar-refractivity contribution in [2.45, 2.75) is 39.2 Å². The van der Waals surface area contributed by atoms with Gasteiger partial charge in [0.25, 0.3) is 0 Å². The Balaban J connectivity index is 2.43. The van der Waals surface area contributed by atoms with E-state index in [1.165, 1.54) is 0 Å². The Bertz CT molecular complexity index is 236. The molecule has 0 aromatic heterocycles. The van der Waals surface area contributed by atoms with Gasteiger partial charge in [-0.15, -0.1) is 0 Å². The third-order valence-corrected chi connectivity index (χ3v) is 3.03. The molecule has 0 fully saturated rings. The molecule has 1 rings (SSSR count). The fraction of sp³-hybridized carbons (Fsp3) is 0.750. The number of nitrogens with one attached hydrogen (secondary N) is 1. The number of amides is 1. The number of allylic oxidation sites excluding steroid dienone is 2. The maximum atomic E-state index is 11.9. The molecular weight excluding hydrogens is 188 g/mol. The summed E-state index contributed by atoms with van der Waals surface area (Å²) in [5.74, 6) is 0.726. The van der Waals surface area contributed by atoms with Gasteiger partial charge in [-0.05, 0) is 25.2 Å². The molecule has 0 radical (unpaired) electrons. The molecule has 0 aromatic carbocycles. The van der Waals surface area contributed by atoms with E-state index >= 15 is 0 Å². The number of hydrogen-bond donors (Lipinski definition) is 2. The van der Waals surface area contributed by atoms with Gasteiger partial charge >= 0.3 is 0 Å². The van der Waals surface area contributed by atoms with Crippen molar-refractivity contribution in [3.05, 3.63) is 12.2 Å². The highest BCUT2D eigenvalue weighted by atomic mass is 16.1. The molecule has 1 amide bonds. The summed E-state index contributed by atoms with van der Waals surface area (Å²) in [7, 11) is 0. The molecule has 0 aliphatic heterocycles. The van der Waals surface area contributed by atoms with Gasteiger partial charge in [-0.25, -0.2) is 0 Å². The van der Waals surface area contributed by atoms with Crippen LogP contribution in [0.25, 0.3) is 0 Å².